The molecule has 0 aromatic carbocycles. The second kappa shape index (κ2) is 7.38. The Kier molecular flexibility index (Phi) is 5.40. The number of nitrogens with zero attached hydrogens (tertiary/aromatic N) is 4. The molecule has 25 heavy (non-hydrogen) atoms. The molecule has 0 N–H and O–H groups in total. The van der Waals surface area contributed by atoms with Crippen LogP contribution in [0.25, 0.3) is 0 Å². The normalized spacial score (nSPS) is 24.4. The predicted molar refractivity (Wildman–Crippen MR) is 88.1 cm³/mol. The predicted octanol–water partition coefficient (Wildman–Crippen LogP) is 0.482. The highest BCUT2D eigenvalue weighted by molar-refractivity contribution is 7.88. The van der Waals surface area contributed by atoms with Crippen LogP contribution in [0.4, 0.5) is 0 Å². The van der Waals surface area contributed by atoms with Crippen LogP contribution in [0.3, 0.4) is 0 Å². The highest BCUT2D eigenvalue weighted by Crippen LogP contribution is 2.32. The Morgan fingerprint density at radius 3 is 2.64 bits per heavy atom. The lowest BCUT2D eigenvalue weighted by atomic mass is 10.2. The van der Waals surface area contributed by atoms with E-state index in [1.807, 2.05) is 0 Å². The standard InChI is InChI=1S/C15H24N4O5S/c1-11-16-15(24-17-11)13-6-5-12(23-13)9-19(25(2,21)22)10-14(20)18-7-3-4-8-18/h12-13H,3-10H2,1-2H3/t12-,13+/m1/s1. The van der Waals surface area contributed by atoms with Crippen LogP contribution in [0, 0.1) is 6.92 Å². The van der Waals surface area contributed by atoms with Crippen LogP contribution < -0.4 is 0 Å². The first kappa shape index (κ1) is 18.3. The van der Waals surface area contributed by atoms with Crippen molar-refractivity contribution in [2.45, 2.75) is 44.8 Å². The van der Waals surface area contributed by atoms with Gasteiger partial charge in [-0.3, -0.25) is 4.79 Å². The lowest BCUT2D eigenvalue weighted by molar-refractivity contribution is -0.130. The molecule has 0 unspecified atom stereocenters. The number of hydrogen-bond acceptors (Lipinski definition) is 7. The van der Waals surface area contributed by atoms with Gasteiger partial charge in [0.25, 0.3) is 5.89 Å². The SMILES string of the molecule is Cc1noc([C@@H]2CC[C@H](CN(CC(=O)N3CCCC3)S(C)(=O)=O)O2)n1. The fourth-order valence-electron chi connectivity index (χ4n) is 3.23. The molecule has 2 aliphatic rings. The number of sulfonamides is 1. The van der Waals surface area contributed by atoms with Crippen molar-refractivity contribution in [3.8, 4) is 0 Å². The molecule has 9 nitrogen and oxygen atoms in total. The van der Waals surface area contributed by atoms with Crippen molar-refractivity contribution in [3.05, 3.63) is 11.7 Å². The Hall–Kier alpha value is -1.52. The molecule has 0 bridgehead atoms. The van der Waals surface area contributed by atoms with Gasteiger partial charge in [-0.05, 0) is 32.6 Å². The van der Waals surface area contributed by atoms with Gasteiger partial charge in [0, 0.05) is 19.6 Å². The third-order valence-corrected chi connectivity index (χ3v) is 5.79. The average Bonchev–Trinajstić information content (AvgIpc) is 3.26. The minimum absolute atomic E-state index is 0.136. The molecule has 0 saturated carbocycles. The van der Waals surface area contributed by atoms with Crippen LogP contribution in [-0.4, -0.2) is 72.2 Å². The summed E-state index contributed by atoms with van der Waals surface area (Å²) in [5.74, 6) is 0.806. The summed E-state index contributed by atoms with van der Waals surface area (Å²) >= 11 is 0. The van der Waals surface area contributed by atoms with Gasteiger partial charge in [0.15, 0.2) is 5.82 Å². The van der Waals surface area contributed by atoms with Crippen LogP contribution in [0.15, 0.2) is 4.52 Å². The van der Waals surface area contributed by atoms with E-state index < -0.39 is 10.0 Å². The van der Waals surface area contributed by atoms with Crippen molar-refractivity contribution in [3.63, 3.8) is 0 Å². The Morgan fingerprint density at radius 2 is 2.04 bits per heavy atom. The average molecular weight is 372 g/mol. The van der Waals surface area contributed by atoms with E-state index in [-0.39, 0.29) is 31.2 Å². The van der Waals surface area contributed by atoms with Gasteiger partial charge in [0.05, 0.1) is 18.9 Å². The molecule has 2 atom stereocenters. The van der Waals surface area contributed by atoms with E-state index in [2.05, 4.69) is 10.1 Å². The largest absolute Gasteiger partial charge is 0.364 e. The first-order chi connectivity index (χ1) is 11.8. The summed E-state index contributed by atoms with van der Waals surface area (Å²) in [6.07, 6.45) is 3.82. The van der Waals surface area contributed by atoms with Crippen LogP contribution >= 0.6 is 0 Å². The van der Waals surface area contributed by atoms with Crippen molar-refractivity contribution in [2.24, 2.45) is 0 Å². The van der Waals surface area contributed by atoms with Gasteiger partial charge in [-0.1, -0.05) is 5.16 Å². The van der Waals surface area contributed by atoms with Crippen molar-refractivity contribution < 1.29 is 22.5 Å². The molecule has 1 aromatic rings. The van der Waals surface area contributed by atoms with E-state index in [4.69, 9.17) is 9.26 Å². The van der Waals surface area contributed by atoms with Gasteiger partial charge in [-0.25, -0.2) is 8.42 Å². The van der Waals surface area contributed by atoms with E-state index in [0.29, 0.717) is 37.6 Å². The Balaban J connectivity index is 1.60. The first-order valence-electron chi connectivity index (χ1n) is 8.51. The summed E-state index contributed by atoms with van der Waals surface area (Å²) in [6, 6.07) is 0. The van der Waals surface area contributed by atoms with Gasteiger partial charge < -0.3 is 14.2 Å². The maximum atomic E-state index is 12.3. The first-order valence-corrected chi connectivity index (χ1v) is 10.4. The van der Waals surface area contributed by atoms with Crippen LogP contribution in [-0.2, 0) is 19.6 Å². The van der Waals surface area contributed by atoms with Gasteiger partial charge in [-0.2, -0.15) is 9.29 Å². The third-order valence-electron chi connectivity index (χ3n) is 4.57. The molecule has 2 saturated heterocycles. The molecule has 3 heterocycles. The maximum absolute atomic E-state index is 12.3. The van der Waals surface area contributed by atoms with E-state index in [1.165, 1.54) is 4.31 Å². The van der Waals surface area contributed by atoms with E-state index in [0.717, 1.165) is 19.1 Å². The Labute approximate surface area is 147 Å². The summed E-state index contributed by atoms with van der Waals surface area (Å²) in [5, 5.41) is 3.75. The second-order valence-corrected chi connectivity index (χ2v) is 8.63. The lowest BCUT2D eigenvalue weighted by Crippen LogP contribution is -2.44. The number of likely N-dealkylation sites (tertiary alicyclic amines) is 1. The van der Waals surface area contributed by atoms with Gasteiger partial charge >= 0.3 is 0 Å². The highest BCUT2D eigenvalue weighted by atomic mass is 32.2. The zero-order valence-electron chi connectivity index (χ0n) is 14.5. The molecule has 0 radical (unpaired) electrons. The molecule has 10 heteroatoms. The fraction of sp³-hybridized carbons (Fsp3) is 0.800. The molecular weight excluding hydrogens is 348 g/mol. The number of carbonyl (C=O) groups is 1. The number of hydrogen-bond donors (Lipinski definition) is 0. The van der Waals surface area contributed by atoms with Crippen molar-refractivity contribution >= 4 is 15.9 Å². The number of amides is 1. The fourth-order valence-corrected chi connectivity index (χ4v) is 4.01. The van der Waals surface area contributed by atoms with Crippen molar-refractivity contribution in [1.82, 2.24) is 19.3 Å². The van der Waals surface area contributed by atoms with Crippen LogP contribution in [0.1, 0.15) is 43.5 Å². The van der Waals surface area contributed by atoms with E-state index in [9.17, 15) is 13.2 Å². The molecule has 0 aliphatic carbocycles. The molecule has 2 aliphatic heterocycles. The lowest BCUT2D eigenvalue weighted by Gasteiger charge is -2.25. The molecule has 3 rings (SSSR count). The van der Waals surface area contributed by atoms with Gasteiger partial charge in [0.1, 0.15) is 6.10 Å². The number of aromatic nitrogens is 2. The molecule has 0 spiro atoms. The quantitative estimate of drug-likeness (QED) is 0.715. The molecule has 2 fully saturated rings. The van der Waals surface area contributed by atoms with Gasteiger partial charge in [0.2, 0.25) is 15.9 Å². The maximum Gasteiger partial charge on any atom is 0.255 e. The van der Waals surface area contributed by atoms with E-state index >= 15 is 0 Å². The summed E-state index contributed by atoms with van der Waals surface area (Å²) in [4.78, 5) is 18.2. The molecule has 1 aromatic heterocycles. The smallest absolute Gasteiger partial charge is 0.255 e. The van der Waals surface area contributed by atoms with E-state index in [1.54, 1.807) is 11.8 Å². The molecular formula is C15H24N4O5S. The van der Waals surface area contributed by atoms with Crippen LogP contribution in [0.5, 0.6) is 0 Å². The summed E-state index contributed by atoms with van der Waals surface area (Å²) in [5.41, 5.74) is 0. The molecule has 140 valence electrons. The van der Waals surface area contributed by atoms with Gasteiger partial charge in [-0.15, -0.1) is 0 Å². The number of rotatable bonds is 6. The van der Waals surface area contributed by atoms with Crippen LogP contribution in [0.2, 0.25) is 0 Å². The highest BCUT2D eigenvalue weighted by Gasteiger charge is 2.34. The Bertz CT molecular complexity index is 713. The molecule has 1 amide bonds. The number of ether oxygens (including phenoxy) is 1. The zero-order valence-corrected chi connectivity index (χ0v) is 15.4. The monoisotopic (exact) mass is 372 g/mol. The topological polar surface area (TPSA) is 106 Å². The minimum atomic E-state index is -3.50. The summed E-state index contributed by atoms with van der Waals surface area (Å²) < 4.78 is 36.4. The van der Waals surface area contributed by atoms with Crippen molar-refractivity contribution in [2.75, 3.05) is 32.4 Å². The summed E-state index contributed by atoms with van der Waals surface area (Å²) in [6.45, 7) is 3.16. The minimum Gasteiger partial charge on any atom is -0.364 e. The summed E-state index contributed by atoms with van der Waals surface area (Å²) in [7, 11) is -3.50. The number of carbonyl (C=O) groups excluding carboxylic acids is 1. The number of aryl methyl sites for hydroxylation is 1. The third kappa shape index (κ3) is 4.56. The van der Waals surface area contributed by atoms with Crippen molar-refractivity contribution in [1.29, 1.82) is 0 Å². The Morgan fingerprint density at radius 1 is 1.32 bits per heavy atom. The second-order valence-electron chi connectivity index (χ2n) is 6.65. The zero-order chi connectivity index (χ0) is 18.0.